The zero-order chi connectivity index (χ0) is 18.7. The molecule has 1 aliphatic heterocycles. The van der Waals surface area contributed by atoms with Crippen molar-refractivity contribution >= 4 is 17.6 Å². The SMILES string of the molecule is COc1cccnc1C(=O)Nc1ccc(F)c([C@]2(C)CCOC(N)=N2)c1. The molecule has 1 aromatic heterocycles. The number of amidine groups is 1. The van der Waals surface area contributed by atoms with Gasteiger partial charge in [-0.2, -0.15) is 0 Å². The van der Waals surface area contributed by atoms with Crippen LogP contribution < -0.4 is 15.8 Å². The minimum atomic E-state index is -0.865. The summed E-state index contributed by atoms with van der Waals surface area (Å²) >= 11 is 0. The summed E-state index contributed by atoms with van der Waals surface area (Å²) in [5, 5.41) is 2.71. The van der Waals surface area contributed by atoms with Crippen molar-refractivity contribution in [1.82, 2.24) is 4.98 Å². The first kappa shape index (κ1) is 17.7. The molecule has 2 aromatic rings. The zero-order valence-electron chi connectivity index (χ0n) is 14.5. The van der Waals surface area contributed by atoms with E-state index in [0.29, 0.717) is 30.0 Å². The number of carbonyl (C=O) groups is 1. The number of hydrogen-bond donors (Lipinski definition) is 2. The summed E-state index contributed by atoms with van der Waals surface area (Å²) in [6.45, 7) is 2.11. The number of nitrogens with one attached hydrogen (secondary N) is 1. The third-order valence-electron chi connectivity index (χ3n) is 4.21. The van der Waals surface area contributed by atoms with Crippen molar-refractivity contribution < 1.29 is 18.7 Å². The third kappa shape index (κ3) is 3.44. The molecule has 1 amide bonds. The van der Waals surface area contributed by atoms with Gasteiger partial charge in [-0.15, -0.1) is 0 Å². The number of hydrogen-bond acceptors (Lipinski definition) is 6. The highest BCUT2D eigenvalue weighted by atomic mass is 19.1. The number of pyridine rings is 1. The molecule has 0 spiro atoms. The predicted molar refractivity (Wildman–Crippen MR) is 94.7 cm³/mol. The molecule has 0 saturated carbocycles. The molecular formula is C18H19FN4O3. The molecule has 3 N–H and O–H groups in total. The van der Waals surface area contributed by atoms with Gasteiger partial charge in [0.15, 0.2) is 5.69 Å². The van der Waals surface area contributed by atoms with E-state index in [-0.39, 0.29) is 11.7 Å². The smallest absolute Gasteiger partial charge is 0.282 e. The van der Waals surface area contributed by atoms with Crippen LogP contribution >= 0.6 is 0 Å². The number of ether oxygens (including phenoxy) is 2. The van der Waals surface area contributed by atoms with E-state index < -0.39 is 17.3 Å². The third-order valence-corrected chi connectivity index (χ3v) is 4.21. The summed E-state index contributed by atoms with van der Waals surface area (Å²) in [6.07, 6.45) is 1.96. The van der Waals surface area contributed by atoms with Gasteiger partial charge in [-0.1, -0.05) is 0 Å². The second kappa shape index (κ2) is 6.99. The summed E-state index contributed by atoms with van der Waals surface area (Å²) in [7, 11) is 1.46. The molecule has 26 heavy (non-hydrogen) atoms. The van der Waals surface area contributed by atoms with Crippen LogP contribution in [0.2, 0.25) is 0 Å². The topological polar surface area (TPSA) is 98.8 Å². The van der Waals surface area contributed by atoms with E-state index in [1.807, 2.05) is 0 Å². The highest BCUT2D eigenvalue weighted by Gasteiger charge is 2.33. The first-order chi connectivity index (χ1) is 12.4. The van der Waals surface area contributed by atoms with Crippen LogP contribution in [0.3, 0.4) is 0 Å². The van der Waals surface area contributed by atoms with Crippen LogP contribution in [0.15, 0.2) is 41.5 Å². The number of anilines is 1. The fourth-order valence-electron chi connectivity index (χ4n) is 2.81. The van der Waals surface area contributed by atoms with Gasteiger partial charge in [-0.3, -0.25) is 4.79 Å². The van der Waals surface area contributed by atoms with Crippen LogP contribution in [0, 0.1) is 5.82 Å². The van der Waals surface area contributed by atoms with E-state index in [4.69, 9.17) is 15.2 Å². The molecular weight excluding hydrogens is 339 g/mol. The summed E-state index contributed by atoms with van der Waals surface area (Å²) in [5.74, 6) is -0.541. The van der Waals surface area contributed by atoms with Gasteiger partial charge >= 0.3 is 0 Å². The van der Waals surface area contributed by atoms with E-state index >= 15 is 0 Å². The number of methoxy groups -OCH3 is 1. The first-order valence-electron chi connectivity index (χ1n) is 8.01. The van der Waals surface area contributed by atoms with Gasteiger partial charge in [0, 0.05) is 23.9 Å². The number of carbonyl (C=O) groups excluding carboxylic acids is 1. The largest absolute Gasteiger partial charge is 0.494 e. The molecule has 3 rings (SSSR count). The highest BCUT2D eigenvalue weighted by Crippen LogP contribution is 2.35. The number of nitrogens with two attached hydrogens (primary N) is 1. The fourth-order valence-corrected chi connectivity index (χ4v) is 2.81. The number of benzene rings is 1. The van der Waals surface area contributed by atoms with Crippen molar-refractivity contribution in [3.63, 3.8) is 0 Å². The first-order valence-corrected chi connectivity index (χ1v) is 8.01. The second-order valence-corrected chi connectivity index (χ2v) is 6.03. The molecule has 0 saturated heterocycles. The maximum Gasteiger partial charge on any atom is 0.282 e. The number of nitrogens with zero attached hydrogens (tertiary/aromatic N) is 2. The Kier molecular flexibility index (Phi) is 4.75. The minimum Gasteiger partial charge on any atom is -0.494 e. The quantitative estimate of drug-likeness (QED) is 0.875. The van der Waals surface area contributed by atoms with Crippen molar-refractivity contribution in [3.05, 3.63) is 53.6 Å². The van der Waals surface area contributed by atoms with E-state index in [1.54, 1.807) is 25.1 Å². The normalized spacial score (nSPS) is 19.3. The molecule has 0 aliphatic carbocycles. The molecule has 0 unspecified atom stereocenters. The lowest BCUT2D eigenvalue weighted by molar-refractivity contribution is 0.101. The lowest BCUT2D eigenvalue weighted by Gasteiger charge is -2.30. The van der Waals surface area contributed by atoms with Crippen molar-refractivity contribution in [1.29, 1.82) is 0 Å². The summed E-state index contributed by atoms with van der Waals surface area (Å²) in [4.78, 5) is 20.8. The molecule has 2 heterocycles. The maximum atomic E-state index is 14.4. The van der Waals surface area contributed by atoms with Gasteiger partial charge < -0.3 is 20.5 Å². The Labute approximate surface area is 150 Å². The standard InChI is InChI=1S/C18H19FN4O3/c1-18(7-9-26-17(20)23-18)12-10-11(5-6-13(12)19)22-16(24)15-14(25-2)4-3-8-21-15/h3-6,8,10H,7,9H2,1-2H3,(H2,20,23)(H,22,24)/t18-/m0/s1. The van der Waals surface area contributed by atoms with E-state index in [0.717, 1.165) is 0 Å². The van der Waals surface area contributed by atoms with Gasteiger partial charge in [0.1, 0.15) is 11.6 Å². The Morgan fingerprint density at radius 2 is 2.23 bits per heavy atom. The van der Waals surface area contributed by atoms with Crippen LogP contribution in [-0.4, -0.2) is 30.6 Å². The Morgan fingerprint density at radius 3 is 2.96 bits per heavy atom. The van der Waals surface area contributed by atoms with Gasteiger partial charge in [-0.05, 0) is 37.3 Å². The van der Waals surface area contributed by atoms with Crippen LogP contribution in [0.5, 0.6) is 5.75 Å². The Hall–Kier alpha value is -3.16. The van der Waals surface area contributed by atoms with Gasteiger partial charge in [0.2, 0.25) is 0 Å². The molecule has 1 aromatic carbocycles. The molecule has 0 fully saturated rings. The fraction of sp³-hybridized carbons (Fsp3) is 0.278. The average molecular weight is 358 g/mol. The van der Waals surface area contributed by atoms with Gasteiger partial charge in [0.25, 0.3) is 11.9 Å². The zero-order valence-corrected chi connectivity index (χ0v) is 14.5. The summed E-state index contributed by atoms with van der Waals surface area (Å²) in [6, 6.07) is 7.63. The minimum absolute atomic E-state index is 0.0193. The van der Waals surface area contributed by atoms with Crippen molar-refractivity contribution in [2.24, 2.45) is 10.7 Å². The van der Waals surface area contributed by atoms with Crippen LogP contribution in [-0.2, 0) is 10.3 Å². The van der Waals surface area contributed by atoms with Crippen LogP contribution in [0.1, 0.15) is 29.4 Å². The monoisotopic (exact) mass is 358 g/mol. The Balaban J connectivity index is 1.91. The number of halogens is 1. The molecule has 8 heteroatoms. The van der Waals surface area contributed by atoms with Gasteiger partial charge in [0.05, 0.1) is 19.3 Å². The van der Waals surface area contributed by atoms with Crippen molar-refractivity contribution in [2.45, 2.75) is 18.9 Å². The molecule has 1 aliphatic rings. The maximum absolute atomic E-state index is 14.4. The predicted octanol–water partition coefficient (Wildman–Crippen LogP) is 2.43. The second-order valence-electron chi connectivity index (χ2n) is 6.03. The lowest BCUT2D eigenvalue weighted by atomic mass is 9.88. The van der Waals surface area contributed by atoms with E-state index in [1.165, 1.54) is 25.4 Å². The molecule has 136 valence electrons. The number of aliphatic imine (C=N–C) groups is 1. The molecule has 7 nitrogen and oxygen atoms in total. The van der Waals surface area contributed by atoms with Crippen molar-refractivity contribution in [2.75, 3.05) is 19.0 Å². The van der Waals surface area contributed by atoms with Crippen molar-refractivity contribution in [3.8, 4) is 5.75 Å². The molecule has 1 atom stereocenters. The van der Waals surface area contributed by atoms with Crippen LogP contribution in [0.4, 0.5) is 10.1 Å². The Bertz CT molecular complexity index is 871. The number of amides is 1. The highest BCUT2D eigenvalue weighted by molar-refractivity contribution is 6.04. The van der Waals surface area contributed by atoms with Crippen LogP contribution in [0.25, 0.3) is 0 Å². The summed E-state index contributed by atoms with van der Waals surface area (Å²) in [5.41, 5.74) is 5.66. The number of aromatic nitrogens is 1. The average Bonchev–Trinajstić information content (AvgIpc) is 2.63. The Morgan fingerprint density at radius 1 is 1.42 bits per heavy atom. The molecule has 0 radical (unpaired) electrons. The lowest BCUT2D eigenvalue weighted by Crippen LogP contribution is -2.34. The molecule has 0 bridgehead atoms. The van der Waals surface area contributed by atoms with Gasteiger partial charge in [-0.25, -0.2) is 14.4 Å². The van der Waals surface area contributed by atoms with E-state index in [9.17, 15) is 9.18 Å². The number of rotatable bonds is 4. The van der Waals surface area contributed by atoms with E-state index in [2.05, 4.69) is 15.3 Å². The summed E-state index contributed by atoms with van der Waals surface area (Å²) < 4.78 is 24.7.